The zero-order valence-corrected chi connectivity index (χ0v) is 16.2. The third kappa shape index (κ3) is 6.03. The summed E-state index contributed by atoms with van der Waals surface area (Å²) in [5.74, 6) is 0.778. The van der Waals surface area contributed by atoms with Crippen molar-refractivity contribution in [3.63, 3.8) is 0 Å². The van der Waals surface area contributed by atoms with E-state index in [0.29, 0.717) is 23.2 Å². The highest BCUT2D eigenvalue weighted by atomic mass is 16.5. The summed E-state index contributed by atoms with van der Waals surface area (Å²) in [6.07, 6.45) is 12.3. The van der Waals surface area contributed by atoms with Crippen LogP contribution in [-0.4, -0.2) is 19.1 Å². The maximum absolute atomic E-state index is 12.1. The number of amides is 1. The number of carbonyl (C=O) groups excluding carboxylic acids is 1. The van der Waals surface area contributed by atoms with Gasteiger partial charge >= 0.3 is 0 Å². The Morgan fingerprint density at radius 3 is 2.58 bits per heavy atom. The lowest BCUT2D eigenvalue weighted by Crippen LogP contribution is -2.30. The molecule has 1 aromatic rings. The number of nitrogen functional groups attached to an aromatic ring is 1. The van der Waals surface area contributed by atoms with Crippen LogP contribution in [0.1, 0.15) is 46.0 Å². The number of rotatable bonds is 7. The van der Waals surface area contributed by atoms with Gasteiger partial charge in [0.2, 0.25) is 5.91 Å². The molecule has 0 radical (unpaired) electrons. The van der Waals surface area contributed by atoms with Gasteiger partial charge in [-0.05, 0) is 37.8 Å². The number of hydrogen-bond acceptors (Lipinski definition) is 3. The van der Waals surface area contributed by atoms with Crippen LogP contribution in [0.4, 0.5) is 11.4 Å². The fourth-order valence-electron chi connectivity index (χ4n) is 3.86. The molecule has 0 saturated heterocycles. The first-order valence-corrected chi connectivity index (χ1v) is 9.56. The van der Waals surface area contributed by atoms with Crippen molar-refractivity contribution < 1.29 is 9.53 Å². The van der Waals surface area contributed by atoms with Gasteiger partial charge in [-0.15, -0.1) is 0 Å². The first-order valence-electron chi connectivity index (χ1n) is 9.56. The number of anilines is 2. The summed E-state index contributed by atoms with van der Waals surface area (Å²) in [4.78, 5) is 12.1. The average Bonchev–Trinajstić information content (AvgIpc) is 2.63. The lowest BCUT2D eigenvalue weighted by atomic mass is 9.80. The Labute approximate surface area is 157 Å². The maximum atomic E-state index is 12.1. The van der Waals surface area contributed by atoms with Crippen molar-refractivity contribution in [2.75, 3.05) is 18.2 Å². The van der Waals surface area contributed by atoms with Crippen LogP contribution in [0.5, 0.6) is 0 Å². The van der Waals surface area contributed by atoms with Crippen molar-refractivity contribution in [3.05, 3.63) is 48.1 Å². The summed E-state index contributed by atoms with van der Waals surface area (Å²) in [7, 11) is 1.81. The Balaban J connectivity index is 1.93. The van der Waals surface area contributed by atoms with Gasteiger partial charge in [-0.1, -0.05) is 56.0 Å². The van der Waals surface area contributed by atoms with Crippen LogP contribution in [0.2, 0.25) is 0 Å². The molecule has 0 aromatic heterocycles. The molecule has 1 saturated carbocycles. The molecule has 4 heteroatoms. The second-order valence-corrected chi connectivity index (χ2v) is 7.28. The van der Waals surface area contributed by atoms with Crippen LogP contribution in [0.25, 0.3) is 0 Å². The molecule has 0 bridgehead atoms. The van der Waals surface area contributed by atoms with Gasteiger partial charge in [-0.3, -0.25) is 4.79 Å². The quantitative estimate of drug-likeness (QED) is 0.413. The summed E-state index contributed by atoms with van der Waals surface area (Å²) < 4.78 is 5.81. The Hall–Kier alpha value is -2.07. The number of para-hydroxylation sites is 2. The number of carbonyl (C=O) groups is 1. The van der Waals surface area contributed by atoms with E-state index in [1.165, 1.54) is 32.1 Å². The lowest BCUT2D eigenvalue weighted by molar-refractivity contribution is -0.111. The van der Waals surface area contributed by atoms with Crippen molar-refractivity contribution >= 4 is 17.3 Å². The highest BCUT2D eigenvalue weighted by Gasteiger charge is 2.26. The number of methoxy groups -OCH3 is 1. The first-order chi connectivity index (χ1) is 12.5. The molecular formula is C22H32N2O2. The van der Waals surface area contributed by atoms with Gasteiger partial charge in [0.25, 0.3) is 0 Å². The Kier molecular flexibility index (Phi) is 7.92. The predicted octanol–water partition coefficient (Wildman–Crippen LogP) is 4.94. The molecule has 1 fully saturated rings. The molecule has 1 amide bonds. The average molecular weight is 357 g/mol. The van der Waals surface area contributed by atoms with Crippen molar-refractivity contribution in [2.24, 2.45) is 11.8 Å². The van der Waals surface area contributed by atoms with E-state index in [4.69, 9.17) is 10.5 Å². The fraction of sp³-hybridized carbons (Fsp3) is 0.500. The number of nitrogens with two attached hydrogens (primary N) is 1. The van der Waals surface area contributed by atoms with E-state index < -0.39 is 0 Å². The summed E-state index contributed by atoms with van der Waals surface area (Å²) in [5.41, 5.74) is 8.10. The number of ether oxygens (including phenoxy) is 1. The van der Waals surface area contributed by atoms with Crippen LogP contribution in [0.15, 0.2) is 48.1 Å². The van der Waals surface area contributed by atoms with E-state index in [1.807, 2.05) is 32.2 Å². The SMILES string of the molecule is COC(C(C)/C=C(C)/C=C/C(=O)Nc1ccccc1N)C1CCCCC1. The second kappa shape index (κ2) is 10.2. The molecule has 0 aliphatic heterocycles. The van der Waals surface area contributed by atoms with Gasteiger partial charge in [0.1, 0.15) is 0 Å². The molecule has 26 heavy (non-hydrogen) atoms. The minimum atomic E-state index is -0.182. The monoisotopic (exact) mass is 356 g/mol. The van der Waals surface area contributed by atoms with Gasteiger partial charge in [-0.2, -0.15) is 0 Å². The minimum absolute atomic E-state index is 0.182. The van der Waals surface area contributed by atoms with Gasteiger partial charge in [0, 0.05) is 19.1 Å². The summed E-state index contributed by atoms with van der Waals surface area (Å²) in [6.45, 7) is 4.22. The molecule has 2 rings (SSSR count). The van der Waals surface area contributed by atoms with E-state index in [9.17, 15) is 4.79 Å². The van der Waals surface area contributed by atoms with Crippen LogP contribution < -0.4 is 11.1 Å². The molecule has 2 atom stereocenters. The zero-order valence-electron chi connectivity index (χ0n) is 16.2. The number of hydrogen-bond donors (Lipinski definition) is 2. The van der Waals surface area contributed by atoms with E-state index >= 15 is 0 Å². The van der Waals surface area contributed by atoms with Crippen molar-refractivity contribution in [1.29, 1.82) is 0 Å². The van der Waals surface area contributed by atoms with Crippen molar-refractivity contribution in [3.8, 4) is 0 Å². The van der Waals surface area contributed by atoms with E-state index in [2.05, 4.69) is 18.3 Å². The molecular weight excluding hydrogens is 324 g/mol. The van der Waals surface area contributed by atoms with E-state index in [1.54, 1.807) is 18.2 Å². The Morgan fingerprint density at radius 1 is 1.23 bits per heavy atom. The molecule has 1 aromatic carbocycles. The van der Waals surface area contributed by atoms with Gasteiger partial charge in [0.15, 0.2) is 0 Å². The zero-order chi connectivity index (χ0) is 18.9. The minimum Gasteiger partial charge on any atom is -0.397 e. The maximum Gasteiger partial charge on any atom is 0.248 e. The van der Waals surface area contributed by atoms with Crippen LogP contribution in [0, 0.1) is 11.8 Å². The molecule has 142 valence electrons. The highest BCUT2D eigenvalue weighted by molar-refractivity contribution is 6.01. The Morgan fingerprint density at radius 2 is 1.92 bits per heavy atom. The standard InChI is InChI=1S/C22H32N2O2/c1-16(13-14-21(25)24-20-12-8-7-11-19(20)23)15-17(2)22(26-3)18-9-5-4-6-10-18/h7-8,11-15,17-18,22H,4-6,9-10,23H2,1-3H3,(H,24,25)/b14-13+,16-15+. The summed E-state index contributed by atoms with van der Waals surface area (Å²) in [6, 6.07) is 7.24. The normalized spacial score (nSPS) is 18.7. The van der Waals surface area contributed by atoms with Crippen molar-refractivity contribution in [2.45, 2.75) is 52.1 Å². The fourth-order valence-corrected chi connectivity index (χ4v) is 3.86. The molecule has 1 aliphatic rings. The van der Waals surface area contributed by atoms with Crippen molar-refractivity contribution in [1.82, 2.24) is 0 Å². The number of benzene rings is 1. The Bertz CT molecular complexity index is 645. The molecule has 1 aliphatic carbocycles. The molecule has 3 N–H and O–H groups in total. The third-order valence-corrected chi connectivity index (χ3v) is 5.15. The van der Waals surface area contributed by atoms with Gasteiger partial charge in [0.05, 0.1) is 17.5 Å². The second-order valence-electron chi connectivity index (χ2n) is 7.28. The molecule has 4 nitrogen and oxygen atoms in total. The first kappa shape index (κ1) is 20.2. The number of allylic oxidation sites excluding steroid dienone is 2. The third-order valence-electron chi connectivity index (χ3n) is 5.15. The largest absolute Gasteiger partial charge is 0.397 e. The van der Waals surface area contributed by atoms with Gasteiger partial charge < -0.3 is 15.8 Å². The van der Waals surface area contributed by atoms with Crippen LogP contribution in [-0.2, 0) is 9.53 Å². The topological polar surface area (TPSA) is 64.3 Å². The summed E-state index contributed by atoms with van der Waals surface area (Å²) in [5, 5.41) is 2.80. The highest BCUT2D eigenvalue weighted by Crippen LogP contribution is 2.32. The van der Waals surface area contributed by atoms with E-state index in [0.717, 1.165) is 5.57 Å². The lowest BCUT2D eigenvalue weighted by Gasteiger charge is -2.32. The van der Waals surface area contributed by atoms with Crippen LogP contribution in [0.3, 0.4) is 0 Å². The smallest absolute Gasteiger partial charge is 0.248 e. The molecule has 0 heterocycles. The van der Waals surface area contributed by atoms with Gasteiger partial charge in [-0.25, -0.2) is 0 Å². The molecule has 2 unspecified atom stereocenters. The summed E-state index contributed by atoms with van der Waals surface area (Å²) >= 11 is 0. The van der Waals surface area contributed by atoms with E-state index in [-0.39, 0.29) is 12.0 Å². The van der Waals surface area contributed by atoms with Crippen LogP contribution >= 0.6 is 0 Å². The molecule has 0 spiro atoms. The number of nitrogens with one attached hydrogen (secondary N) is 1. The predicted molar refractivity (Wildman–Crippen MR) is 109 cm³/mol.